The molecule has 0 aromatic rings. The van der Waals surface area contributed by atoms with E-state index in [-0.39, 0.29) is 12.5 Å². The molecule has 0 radical (unpaired) electrons. The Kier molecular flexibility index (Phi) is 4.76. The van der Waals surface area contributed by atoms with Gasteiger partial charge in [0.05, 0.1) is 6.61 Å². The lowest BCUT2D eigenvalue weighted by Gasteiger charge is -2.26. The van der Waals surface area contributed by atoms with E-state index in [1.54, 1.807) is 6.92 Å². The molecule has 1 heterocycles. The van der Waals surface area contributed by atoms with Crippen LogP contribution in [0.4, 0.5) is 13.2 Å². The maximum atomic E-state index is 12.3. The molecule has 1 rings (SSSR count). The average Bonchev–Trinajstić information content (AvgIpc) is 2.61. The Morgan fingerprint density at radius 3 is 2.59 bits per heavy atom. The van der Waals surface area contributed by atoms with Crippen LogP contribution in [0.2, 0.25) is 0 Å². The second kappa shape index (κ2) is 5.68. The molecule has 7 heteroatoms. The SMILES string of the molecule is CC1CCOC1C(=O)N(CCO)CC(F)(F)F. The first-order valence-corrected chi connectivity index (χ1v) is 5.43. The van der Waals surface area contributed by atoms with Gasteiger partial charge in [0, 0.05) is 13.2 Å². The summed E-state index contributed by atoms with van der Waals surface area (Å²) < 4.78 is 41.9. The minimum atomic E-state index is -4.47. The number of aliphatic hydroxyl groups excluding tert-OH is 1. The van der Waals surface area contributed by atoms with E-state index in [0.717, 1.165) is 0 Å². The molecule has 100 valence electrons. The summed E-state index contributed by atoms with van der Waals surface area (Å²) in [4.78, 5) is 12.4. The van der Waals surface area contributed by atoms with Crippen molar-refractivity contribution in [3.63, 3.8) is 0 Å². The number of alkyl halides is 3. The van der Waals surface area contributed by atoms with Crippen LogP contribution in [0.5, 0.6) is 0 Å². The zero-order valence-corrected chi connectivity index (χ0v) is 9.54. The number of carbonyl (C=O) groups excluding carboxylic acids is 1. The molecule has 0 saturated carbocycles. The fourth-order valence-corrected chi connectivity index (χ4v) is 1.80. The topological polar surface area (TPSA) is 49.8 Å². The van der Waals surface area contributed by atoms with E-state index >= 15 is 0 Å². The highest BCUT2D eigenvalue weighted by molar-refractivity contribution is 5.81. The lowest BCUT2D eigenvalue weighted by Crippen LogP contribution is -2.46. The molecule has 1 aliphatic rings. The van der Waals surface area contributed by atoms with Gasteiger partial charge >= 0.3 is 6.18 Å². The van der Waals surface area contributed by atoms with Crippen molar-refractivity contribution in [2.45, 2.75) is 25.6 Å². The minimum absolute atomic E-state index is 0.0862. The van der Waals surface area contributed by atoms with Crippen LogP contribution in [0.3, 0.4) is 0 Å². The standard InChI is InChI=1S/C10H16F3NO3/c1-7-2-5-17-8(7)9(16)14(3-4-15)6-10(11,12)13/h7-8,15H,2-6H2,1H3. The number of hydrogen-bond donors (Lipinski definition) is 1. The fraction of sp³-hybridized carbons (Fsp3) is 0.900. The number of ether oxygens (including phenoxy) is 1. The van der Waals surface area contributed by atoms with Crippen molar-refractivity contribution in [2.24, 2.45) is 5.92 Å². The Bertz CT molecular complexity index is 270. The molecule has 0 aromatic heterocycles. The molecule has 0 bridgehead atoms. The second-order valence-electron chi connectivity index (χ2n) is 4.16. The summed E-state index contributed by atoms with van der Waals surface area (Å²) in [5.74, 6) is -0.779. The van der Waals surface area contributed by atoms with Crippen LogP contribution < -0.4 is 0 Å². The minimum Gasteiger partial charge on any atom is -0.395 e. The highest BCUT2D eigenvalue weighted by atomic mass is 19.4. The number of rotatable bonds is 4. The quantitative estimate of drug-likeness (QED) is 0.808. The molecule has 1 amide bonds. The zero-order valence-electron chi connectivity index (χ0n) is 9.54. The Balaban J connectivity index is 2.66. The van der Waals surface area contributed by atoms with Crippen LogP contribution in [-0.4, -0.2) is 54.5 Å². The van der Waals surface area contributed by atoms with Crippen molar-refractivity contribution in [3.05, 3.63) is 0 Å². The number of carbonyl (C=O) groups is 1. The number of halogens is 3. The van der Waals surface area contributed by atoms with Gasteiger partial charge in [0.2, 0.25) is 0 Å². The van der Waals surface area contributed by atoms with E-state index in [9.17, 15) is 18.0 Å². The Morgan fingerprint density at radius 2 is 2.18 bits per heavy atom. The van der Waals surface area contributed by atoms with Gasteiger partial charge in [0.25, 0.3) is 5.91 Å². The van der Waals surface area contributed by atoms with Gasteiger partial charge in [0.1, 0.15) is 12.6 Å². The maximum Gasteiger partial charge on any atom is 0.406 e. The molecule has 1 N–H and O–H groups in total. The summed E-state index contributed by atoms with van der Waals surface area (Å²) in [5, 5.41) is 8.69. The molecule has 1 aliphatic heterocycles. The average molecular weight is 255 g/mol. The summed E-state index contributed by atoms with van der Waals surface area (Å²) in [6.07, 6.45) is -4.62. The first-order valence-electron chi connectivity index (χ1n) is 5.43. The smallest absolute Gasteiger partial charge is 0.395 e. The summed E-state index contributed by atoms with van der Waals surface area (Å²) >= 11 is 0. The van der Waals surface area contributed by atoms with Crippen molar-refractivity contribution in [1.29, 1.82) is 0 Å². The number of aliphatic hydroxyl groups is 1. The molecular weight excluding hydrogens is 239 g/mol. The highest BCUT2D eigenvalue weighted by Crippen LogP contribution is 2.24. The number of amides is 1. The van der Waals surface area contributed by atoms with Gasteiger partial charge in [-0.3, -0.25) is 4.79 Å². The van der Waals surface area contributed by atoms with Crippen LogP contribution in [0.1, 0.15) is 13.3 Å². The van der Waals surface area contributed by atoms with Gasteiger partial charge in [0.15, 0.2) is 0 Å². The maximum absolute atomic E-state index is 12.3. The molecule has 2 atom stereocenters. The van der Waals surface area contributed by atoms with Gasteiger partial charge in [-0.25, -0.2) is 0 Å². The fourth-order valence-electron chi connectivity index (χ4n) is 1.80. The van der Waals surface area contributed by atoms with Crippen molar-refractivity contribution in [1.82, 2.24) is 4.90 Å². The van der Waals surface area contributed by atoms with Crippen molar-refractivity contribution in [2.75, 3.05) is 26.3 Å². The summed E-state index contributed by atoms with van der Waals surface area (Å²) in [7, 11) is 0. The van der Waals surface area contributed by atoms with Crippen molar-refractivity contribution < 1.29 is 27.8 Å². The molecular formula is C10H16F3NO3. The van der Waals surface area contributed by atoms with Crippen LogP contribution in [0.25, 0.3) is 0 Å². The van der Waals surface area contributed by atoms with E-state index < -0.39 is 31.3 Å². The van der Waals surface area contributed by atoms with E-state index in [1.807, 2.05) is 0 Å². The zero-order chi connectivity index (χ0) is 13.1. The third kappa shape index (κ3) is 4.16. The normalized spacial score (nSPS) is 25.0. The van der Waals surface area contributed by atoms with E-state index in [2.05, 4.69) is 0 Å². The van der Waals surface area contributed by atoms with Crippen LogP contribution in [0, 0.1) is 5.92 Å². The van der Waals surface area contributed by atoms with Gasteiger partial charge in [-0.1, -0.05) is 6.92 Å². The Morgan fingerprint density at radius 1 is 1.53 bits per heavy atom. The van der Waals surface area contributed by atoms with Crippen molar-refractivity contribution in [3.8, 4) is 0 Å². The van der Waals surface area contributed by atoms with Crippen LogP contribution in [0.15, 0.2) is 0 Å². The molecule has 4 nitrogen and oxygen atoms in total. The highest BCUT2D eigenvalue weighted by Gasteiger charge is 2.38. The monoisotopic (exact) mass is 255 g/mol. The molecule has 0 spiro atoms. The first kappa shape index (κ1) is 14.2. The van der Waals surface area contributed by atoms with Crippen molar-refractivity contribution >= 4 is 5.91 Å². The largest absolute Gasteiger partial charge is 0.406 e. The molecule has 17 heavy (non-hydrogen) atoms. The third-order valence-electron chi connectivity index (χ3n) is 2.68. The molecule has 0 aromatic carbocycles. The predicted molar refractivity (Wildman–Crippen MR) is 53.2 cm³/mol. The Hall–Kier alpha value is -0.820. The molecule has 0 aliphatic carbocycles. The van der Waals surface area contributed by atoms with Crippen LogP contribution in [-0.2, 0) is 9.53 Å². The van der Waals surface area contributed by atoms with E-state index in [0.29, 0.717) is 17.9 Å². The van der Waals surface area contributed by atoms with E-state index in [1.165, 1.54) is 0 Å². The van der Waals surface area contributed by atoms with Gasteiger partial charge in [-0.05, 0) is 12.3 Å². The second-order valence-corrected chi connectivity index (χ2v) is 4.16. The van der Waals surface area contributed by atoms with Gasteiger partial charge in [-0.2, -0.15) is 13.2 Å². The molecule has 1 fully saturated rings. The third-order valence-corrected chi connectivity index (χ3v) is 2.68. The van der Waals surface area contributed by atoms with Crippen LogP contribution >= 0.6 is 0 Å². The summed E-state index contributed by atoms with van der Waals surface area (Å²) in [6.45, 7) is -0.0242. The van der Waals surface area contributed by atoms with E-state index in [4.69, 9.17) is 9.84 Å². The van der Waals surface area contributed by atoms with Gasteiger partial charge < -0.3 is 14.7 Å². The lowest BCUT2D eigenvalue weighted by molar-refractivity contribution is -0.168. The molecule has 2 unspecified atom stereocenters. The number of hydrogen-bond acceptors (Lipinski definition) is 3. The summed E-state index contributed by atoms with van der Waals surface area (Å²) in [5.41, 5.74) is 0. The number of nitrogens with zero attached hydrogens (tertiary/aromatic N) is 1. The van der Waals surface area contributed by atoms with Gasteiger partial charge in [-0.15, -0.1) is 0 Å². The Labute approximate surface area is 97.3 Å². The molecule has 1 saturated heterocycles. The predicted octanol–water partition coefficient (Wildman–Crippen LogP) is 0.795. The summed E-state index contributed by atoms with van der Waals surface area (Å²) in [6, 6.07) is 0. The first-order chi connectivity index (χ1) is 7.85. The lowest BCUT2D eigenvalue weighted by atomic mass is 10.0.